The number of nitrogens with zero attached hydrogens (tertiary/aromatic N) is 1. The van der Waals surface area contributed by atoms with Gasteiger partial charge in [-0.15, -0.1) is 0 Å². The topological polar surface area (TPSA) is 84.3 Å². The highest BCUT2D eigenvalue weighted by Gasteiger charge is 2.24. The van der Waals surface area contributed by atoms with Crippen LogP contribution in [0.25, 0.3) is 0 Å². The molecule has 1 N–H and O–H groups in total. The van der Waals surface area contributed by atoms with E-state index >= 15 is 0 Å². The van der Waals surface area contributed by atoms with Gasteiger partial charge in [0.15, 0.2) is 5.78 Å². The third kappa shape index (κ3) is 4.90. The van der Waals surface area contributed by atoms with Crippen LogP contribution in [0, 0.1) is 5.92 Å². The lowest BCUT2D eigenvalue weighted by atomic mass is 9.90. The number of carbonyl (C=O) groups excluding carboxylic acids is 2. The normalized spacial score (nSPS) is 11.9. The molecule has 1 heterocycles. The van der Waals surface area contributed by atoms with Gasteiger partial charge in [-0.2, -0.15) is 0 Å². The second-order valence-electron chi connectivity index (χ2n) is 4.21. The minimum atomic E-state index is -0.932. The number of aliphatic carboxylic acids is 1. The predicted molar refractivity (Wildman–Crippen MR) is 71.9 cm³/mol. The molecule has 5 nitrogen and oxygen atoms in total. The Balaban J connectivity index is 2.78. The van der Waals surface area contributed by atoms with Crippen molar-refractivity contribution in [1.82, 2.24) is 4.98 Å². The van der Waals surface area contributed by atoms with Crippen LogP contribution in [-0.4, -0.2) is 27.6 Å². The van der Waals surface area contributed by atoms with Crippen LogP contribution in [-0.2, 0) is 9.59 Å². The number of carboxylic acid groups (broad SMARTS) is 1. The highest BCUT2D eigenvalue weighted by Crippen LogP contribution is 2.18. The average molecular weight is 328 g/mol. The van der Waals surface area contributed by atoms with Gasteiger partial charge in [0.1, 0.15) is 5.78 Å². The van der Waals surface area contributed by atoms with Crippen LogP contribution in [0.15, 0.2) is 22.9 Å². The number of hydrogen-bond donors (Lipinski definition) is 1. The van der Waals surface area contributed by atoms with Crippen LogP contribution in [0.3, 0.4) is 0 Å². The number of Topliss-reactive ketones (excluding diaryl/α,β-unsaturated/α-hetero) is 2. The van der Waals surface area contributed by atoms with Crippen LogP contribution < -0.4 is 0 Å². The number of halogens is 1. The molecule has 0 spiro atoms. The first-order chi connectivity index (χ1) is 8.91. The van der Waals surface area contributed by atoms with Crippen molar-refractivity contribution in [3.8, 4) is 0 Å². The summed E-state index contributed by atoms with van der Waals surface area (Å²) in [6, 6.07) is 1.60. The van der Waals surface area contributed by atoms with Crippen LogP contribution >= 0.6 is 15.9 Å². The molecular weight excluding hydrogens is 314 g/mol. The molecule has 1 rings (SSSR count). The largest absolute Gasteiger partial charge is 0.481 e. The number of rotatable bonds is 7. The summed E-state index contributed by atoms with van der Waals surface area (Å²) >= 11 is 3.21. The molecule has 0 aliphatic carbocycles. The van der Waals surface area contributed by atoms with Crippen molar-refractivity contribution in [3.05, 3.63) is 28.5 Å². The fourth-order valence-corrected chi connectivity index (χ4v) is 2.09. The Kier molecular flexibility index (Phi) is 5.82. The summed E-state index contributed by atoms with van der Waals surface area (Å²) in [4.78, 5) is 38.0. The Morgan fingerprint density at radius 2 is 2.05 bits per heavy atom. The third-order valence-corrected chi connectivity index (χ3v) is 3.11. The molecule has 0 aliphatic heterocycles. The minimum absolute atomic E-state index is 0.0478. The van der Waals surface area contributed by atoms with Crippen molar-refractivity contribution in [2.45, 2.75) is 26.2 Å². The molecule has 0 aliphatic rings. The zero-order valence-corrected chi connectivity index (χ0v) is 12.0. The highest BCUT2D eigenvalue weighted by atomic mass is 79.9. The van der Waals surface area contributed by atoms with E-state index in [4.69, 9.17) is 5.11 Å². The summed E-state index contributed by atoms with van der Waals surface area (Å²) in [5.74, 6) is -2.30. The Hall–Kier alpha value is -1.56. The van der Waals surface area contributed by atoms with Crippen molar-refractivity contribution in [1.29, 1.82) is 0 Å². The second kappa shape index (κ2) is 7.13. The van der Waals surface area contributed by atoms with Gasteiger partial charge in [-0.1, -0.05) is 0 Å². The molecular formula is C13H14BrNO4. The van der Waals surface area contributed by atoms with E-state index < -0.39 is 11.9 Å². The van der Waals surface area contributed by atoms with Crippen LogP contribution in [0.2, 0.25) is 0 Å². The van der Waals surface area contributed by atoms with Crippen molar-refractivity contribution < 1.29 is 19.5 Å². The minimum Gasteiger partial charge on any atom is -0.481 e. The average Bonchev–Trinajstić information content (AvgIpc) is 2.33. The van der Waals surface area contributed by atoms with Crippen molar-refractivity contribution >= 4 is 33.5 Å². The molecule has 6 heteroatoms. The summed E-state index contributed by atoms with van der Waals surface area (Å²) in [6.07, 6.45) is 3.44. The zero-order valence-electron chi connectivity index (χ0n) is 10.4. The lowest BCUT2D eigenvalue weighted by Crippen LogP contribution is -2.22. The molecule has 1 aromatic heterocycles. The maximum atomic E-state index is 12.2. The van der Waals surface area contributed by atoms with Gasteiger partial charge in [0, 0.05) is 28.9 Å². The van der Waals surface area contributed by atoms with Gasteiger partial charge in [-0.3, -0.25) is 19.4 Å². The second-order valence-corrected chi connectivity index (χ2v) is 5.12. The molecule has 102 valence electrons. The highest BCUT2D eigenvalue weighted by molar-refractivity contribution is 9.10. The standard InChI is InChI=1S/C13H14BrNO4/c1-8(16)11(3-2-4-12(17)18)13(19)9-5-10(14)7-15-6-9/h5-7,11H,2-4H2,1H3,(H,17,18). The van der Waals surface area contributed by atoms with E-state index in [2.05, 4.69) is 20.9 Å². The molecule has 0 aromatic carbocycles. The van der Waals surface area contributed by atoms with Gasteiger partial charge < -0.3 is 5.11 Å². The molecule has 19 heavy (non-hydrogen) atoms. The number of carboxylic acids is 1. The van der Waals surface area contributed by atoms with E-state index in [1.54, 1.807) is 12.3 Å². The van der Waals surface area contributed by atoms with Gasteiger partial charge in [0.25, 0.3) is 0 Å². The van der Waals surface area contributed by atoms with E-state index in [-0.39, 0.29) is 24.4 Å². The van der Waals surface area contributed by atoms with Crippen molar-refractivity contribution in [2.75, 3.05) is 0 Å². The summed E-state index contributed by atoms with van der Waals surface area (Å²) < 4.78 is 0.659. The van der Waals surface area contributed by atoms with Crippen LogP contribution in [0.5, 0.6) is 0 Å². The molecule has 0 saturated heterocycles. The third-order valence-electron chi connectivity index (χ3n) is 2.68. The summed E-state index contributed by atoms with van der Waals surface area (Å²) in [7, 11) is 0. The van der Waals surface area contributed by atoms with E-state index in [1.807, 2.05) is 0 Å². The van der Waals surface area contributed by atoms with E-state index in [0.29, 0.717) is 16.5 Å². The van der Waals surface area contributed by atoms with E-state index in [9.17, 15) is 14.4 Å². The van der Waals surface area contributed by atoms with E-state index in [0.717, 1.165) is 0 Å². The SMILES string of the molecule is CC(=O)C(CCCC(=O)O)C(=O)c1cncc(Br)c1. The number of hydrogen-bond acceptors (Lipinski definition) is 4. The van der Waals surface area contributed by atoms with Gasteiger partial charge in [0.2, 0.25) is 0 Å². The number of pyridine rings is 1. The molecule has 1 atom stereocenters. The van der Waals surface area contributed by atoms with Crippen molar-refractivity contribution in [2.24, 2.45) is 5.92 Å². The number of aromatic nitrogens is 1. The monoisotopic (exact) mass is 327 g/mol. The smallest absolute Gasteiger partial charge is 0.303 e. The van der Waals surface area contributed by atoms with Crippen molar-refractivity contribution in [3.63, 3.8) is 0 Å². The molecule has 0 amide bonds. The molecule has 0 fully saturated rings. The maximum absolute atomic E-state index is 12.2. The van der Waals surface area contributed by atoms with Crippen LogP contribution in [0.4, 0.5) is 0 Å². The molecule has 0 saturated carbocycles. The fourth-order valence-electron chi connectivity index (χ4n) is 1.72. The van der Waals surface area contributed by atoms with Crippen LogP contribution in [0.1, 0.15) is 36.5 Å². The molecule has 0 bridgehead atoms. The Bertz CT molecular complexity index is 501. The zero-order chi connectivity index (χ0) is 14.4. The van der Waals surface area contributed by atoms with Gasteiger partial charge in [-0.05, 0) is 41.8 Å². The van der Waals surface area contributed by atoms with Gasteiger partial charge >= 0.3 is 5.97 Å². The van der Waals surface area contributed by atoms with Gasteiger partial charge in [0.05, 0.1) is 5.92 Å². The molecule has 1 unspecified atom stereocenters. The number of ketones is 2. The summed E-state index contributed by atoms with van der Waals surface area (Å²) in [5, 5.41) is 8.57. The predicted octanol–water partition coefficient (Wildman–Crippen LogP) is 2.49. The summed E-state index contributed by atoms with van der Waals surface area (Å²) in [5.41, 5.74) is 0.352. The van der Waals surface area contributed by atoms with E-state index in [1.165, 1.54) is 13.1 Å². The maximum Gasteiger partial charge on any atom is 0.303 e. The first-order valence-corrected chi connectivity index (χ1v) is 6.58. The molecule has 1 aromatic rings. The summed E-state index contributed by atoms with van der Waals surface area (Å²) in [6.45, 7) is 1.34. The molecule has 0 radical (unpaired) electrons. The number of carbonyl (C=O) groups is 3. The Morgan fingerprint density at radius 3 is 2.58 bits per heavy atom. The Morgan fingerprint density at radius 1 is 1.37 bits per heavy atom. The van der Waals surface area contributed by atoms with Gasteiger partial charge in [-0.25, -0.2) is 0 Å². The first kappa shape index (κ1) is 15.5. The lowest BCUT2D eigenvalue weighted by molar-refractivity contribution is -0.137. The Labute approximate surface area is 119 Å². The lowest BCUT2D eigenvalue weighted by Gasteiger charge is -2.12. The fraction of sp³-hybridized carbons (Fsp3) is 0.385. The first-order valence-electron chi connectivity index (χ1n) is 5.79. The quantitative estimate of drug-likeness (QED) is 0.614.